The summed E-state index contributed by atoms with van der Waals surface area (Å²) in [7, 11) is -1.50. The SMILES string of the molecule is CCCCCC[PH](=O)c1ccccc1. The van der Waals surface area contributed by atoms with Gasteiger partial charge in [-0.3, -0.25) is 0 Å². The standard InChI is InChI=1S/C12H19OP/c1-2-3-4-8-11-14(13)12-9-6-5-7-10-12/h5-7,9-10,14H,2-4,8,11H2,1H3. The summed E-state index contributed by atoms with van der Waals surface area (Å²) in [6, 6.07) is 9.84. The van der Waals surface area contributed by atoms with Crippen LogP contribution in [0.15, 0.2) is 30.3 Å². The molecule has 0 heterocycles. The minimum atomic E-state index is -1.50. The van der Waals surface area contributed by atoms with Crippen molar-refractivity contribution in [3.8, 4) is 0 Å². The van der Waals surface area contributed by atoms with E-state index in [2.05, 4.69) is 6.92 Å². The van der Waals surface area contributed by atoms with Crippen molar-refractivity contribution < 1.29 is 4.57 Å². The Morgan fingerprint density at radius 2 is 1.79 bits per heavy atom. The zero-order chi connectivity index (χ0) is 10.2. The fourth-order valence-electron chi connectivity index (χ4n) is 1.48. The smallest absolute Gasteiger partial charge is 0.104 e. The van der Waals surface area contributed by atoms with Crippen molar-refractivity contribution in [2.45, 2.75) is 32.6 Å². The van der Waals surface area contributed by atoms with E-state index in [0.717, 1.165) is 17.9 Å². The maximum absolute atomic E-state index is 11.8. The highest BCUT2D eigenvalue weighted by atomic mass is 31.1. The van der Waals surface area contributed by atoms with Crippen LogP contribution in [0.2, 0.25) is 0 Å². The molecule has 14 heavy (non-hydrogen) atoms. The van der Waals surface area contributed by atoms with E-state index in [4.69, 9.17) is 0 Å². The second-order valence-corrected chi connectivity index (χ2v) is 5.52. The van der Waals surface area contributed by atoms with E-state index in [-0.39, 0.29) is 0 Å². The highest BCUT2D eigenvalue weighted by molar-refractivity contribution is 7.53. The highest BCUT2D eigenvalue weighted by Crippen LogP contribution is 2.21. The topological polar surface area (TPSA) is 17.1 Å². The van der Waals surface area contributed by atoms with Crippen LogP contribution in [0.25, 0.3) is 0 Å². The maximum Gasteiger partial charge on any atom is 0.104 e. The molecular weight excluding hydrogens is 191 g/mol. The summed E-state index contributed by atoms with van der Waals surface area (Å²) < 4.78 is 11.8. The first-order chi connectivity index (χ1) is 6.84. The minimum absolute atomic E-state index is 0.884. The zero-order valence-electron chi connectivity index (χ0n) is 8.83. The van der Waals surface area contributed by atoms with Gasteiger partial charge in [0.2, 0.25) is 0 Å². The van der Waals surface area contributed by atoms with Gasteiger partial charge in [-0.05, 0) is 6.42 Å². The lowest BCUT2D eigenvalue weighted by Gasteiger charge is -2.01. The average Bonchev–Trinajstić information content (AvgIpc) is 2.25. The summed E-state index contributed by atoms with van der Waals surface area (Å²) in [6.07, 6.45) is 5.73. The third kappa shape index (κ3) is 4.11. The van der Waals surface area contributed by atoms with E-state index in [1.807, 2.05) is 30.3 Å². The monoisotopic (exact) mass is 210 g/mol. The molecule has 0 aliphatic heterocycles. The molecule has 1 nitrogen and oxygen atoms in total. The molecule has 0 aromatic heterocycles. The molecule has 1 aromatic rings. The molecule has 0 fully saturated rings. The Kier molecular flexibility index (Phi) is 5.63. The van der Waals surface area contributed by atoms with E-state index in [9.17, 15) is 4.57 Å². The molecule has 0 aliphatic rings. The van der Waals surface area contributed by atoms with Crippen LogP contribution in [0.3, 0.4) is 0 Å². The first-order valence-corrected chi connectivity index (χ1v) is 7.04. The van der Waals surface area contributed by atoms with Crippen molar-refractivity contribution in [3.63, 3.8) is 0 Å². The van der Waals surface area contributed by atoms with Crippen molar-refractivity contribution in [1.82, 2.24) is 0 Å². The number of unbranched alkanes of at least 4 members (excludes halogenated alkanes) is 3. The van der Waals surface area contributed by atoms with Crippen molar-refractivity contribution in [2.24, 2.45) is 0 Å². The third-order valence-corrected chi connectivity index (χ3v) is 4.14. The van der Waals surface area contributed by atoms with Crippen LogP contribution in [0, 0.1) is 0 Å². The first-order valence-electron chi connectivity index (χ1n) is 5.43. The molecule has 0 spiro atoms. The van der Waals surface area contributed by atoms with Crippen LogP contribution in [0.1, 0.15) is 32.6 Å². The summed E-state index contributed by atoms with van der Waals surface area (Å²) in [5.41, 5.74) is 0. The Balaban J connectivity index is 2.29. The highest BCUT2D eigenvalue weighted by Gasteiger charge is 2.01. The molecule has 0 saturated carbocycles. The summed E-state index contributed by atoms with van der Waals surface area (Å²) in [5, 5.41) is 1.04. The summed E-state index contributed by atoms with van der Waals surface area (Å²) in [6.45, 7) is 2.19. The van der Waals surface area contributed by atoms with Gasteiger partial charge in [0.05, 0.1) is 0 Å². The quantitative estimate of drug-likeness (QED) is 0.519. The first kappa shape index (κ1) is 11.5. The largest absolute Gasteiger partial charge is 0.322 e. The van der Waals surface area contributed by atoms with Crippen LogP contribution in [-0.2, 0) is 4.57 Å². The molecule has 78 valence electrons. The van der Waals surface area contributed by atoms with Gasteiger partial charge in [0.25, 0.3) is 0 Å². The van der Waals surface area contributed by atoms with E-state index < -0.39 is 7.80 Å². The van der Waals surface area contributed by atoms with Crippen molar-refractivity contribution >= 4 is 13.1 Å². The van der Waals surface area contributed by atoms with Crippen LogP contribution in [-0.4, -0.2) is 6.16 Å². The summed E-state index contributed by atoms with van der Waals surface area (Å²) >= 11 is 0. The fraction of sp³-hybridized carbons (Fsp3) is 0.500. The van der Waals surface area contributed by atoms with Gasteiger partial charge in [-0.15, -0.1) is 0 Å². The second kappa shape index (κ2) is 6.84. The fourth-order valence-corrected chi connectivity index (χ4v) is 2.90. The van der Waals surface area contributed by atoms with Gasteiger partial charge < -0.3 is 4.57 Å². The Bertz CT molecular complexity index is 269. The second-order valence-electron chi connectivity index (χ2n) is 3.60. The maximum atomic E-state index is 11.8. The predicted octanol–water partition coefficient (Wildman–Crippen LogP) is 3.45. The molecule has 1 aromatic carbocycles. The van der Waals surface area contributed by atoms with Crippen LogP contribution in [0.5, 0.6) is 0 Å². The normalized spacial score (nSPS) is 12.6. The molecule has 0 bridgehead atoms. The molecule has 0 amide bonds. The lowest BCUT2D eigenvalue weighted by atomic mass is 10.2. The number of hydrogen-bond donors (Lipinski definition) is 0. The summed E-state index contributed by atoms with van der Waals surface area (Å²) in [5.74, 6) is 0. The zero-order valence-corrected chi connectivity index (χ0v) is 9.83. The van der Waals surface area contributed by atoms with Gasteiger partial charge in [-0.2, -0.15) is 0 Å². The number of benzene rings is 1. The Hall–Kier alpha value is -0.550. The van der Waals surface area contributed by atoms with Crippen LogP contribution < -0.4 is 5.30 Å². The summed E-state index contributed by atoms with van der Waals surface area (Å²) in [4.78, 5) is 0. The van der Waals surface area contributed by atoms with Crippen LogP contribution >= 0.6 is 7.80 Å². The molecule has 0 N–H and O–H groups in total. The van der Waals surface area contributed by atoms with Crippen molar-refractivity contribution in [2.75, 3.05) is 6.16 Å². The van der Waals surface area contributed by atoms with Gasteiger partial charge in [-0.1, -0.05) is 56.5 Å². The molecule has 1 unspecified atom stereocenters. The van der Waals surface area contributed by atoms with Crippen molar-refractivity contribution in [3.05, 3.63) is 30.3 Å². The Morgan fingerprint density at radius 1 is 1.07 bits per heavy atom. The molecule has 0 aliphatic carbocycles. The Morgan fingerprint density at radius 3 is 2.43 bits per heavy atom. The molecule has 0 saturated heterocycles. The molecule has 1 rings (SSSR count). The molecule has 0 radical (unpaired) electrons. The molecule has 1 atom stereocenters. The van der Waals surface area contributed by atoms with Gasteiger partial charge in [-0.25, -0.2) is 0 Å². The number of hydrogen-bond acceptors (Lipinski definition) is 1. The minimum Gasteiger partial charge on any atom is -0.322 e. The van der Waals surface area contributed by atoms with E-state index in [0.29, 0.717) is 0 Å². The van der Waals surface area contributed by atoms with E-state index in [1.54, 1.807) is 0 Å². The van der Waals surface area contributed by atoms with Crippen LogP contribution in [0.4, 0.5) is 0 Å². The van der Waals surface area contributed by atoms with Gasteiger partial charge in [0, 0.05) is 11.5 Å². The molecular formula is C12H19OP. The lowest BCUT2D eigenvalue weighted by Crippen LogP contribution is -1.96. The Labute approximate surface area is 87.3 Å². The average molecular weight is 210 g/mol. The van der Waals surface area contributed by atoms with Crippen molar-refractivity contribution in [1.29, 1.82) is 0 Å². The van der Waals surface area contributed by atoms with Gasteiger partial charge >= 0.3 is 0 Å². The predicted molar refractivity (Wildman–Crippen MR) is 64.1 cm³/mol. The van der Waals surface area contributed by atoms with Gasteiger partial charge in [0.1, 0.15) is 7.80 Å². The lowest BCUT2D eigenvalue weighted by molar-refractivity contribution is 0.589. The number of rotatable bonds is 6. The van der Waals surface area contributed by atoms with Gasteiger partial charge in [0.15, 0.2) is 0 Å². The van der Waals surface area contributed by atoms with E-state index >= 15 is 0 Å². The third-order valence-electron chi connectivity index (χ3n) is 2.35. The molecule has 2 heteroatoms. The van der Waals surface area contributed by atoms with E-state index in [1.165, 1.54) is 19.3 Å².